The number of carbonyl (C=O) groups is 1. The third-order valence-electron chi connectivity index (χ3n) is 4.42. The topological polar surface area (TPSA) is 41.6 Å². The summed E-state index contributed by atoms with van der Waals surface area (Å²) in [6.07, 6.45) is 0. The lowest BCUT2D eigenvalue weighted by Gasteiger charge is -2.37. The molecule has 0 radical (unpaired) electrons. The summed E-state index contributed by atoms with van der Waals surface area (Å²) < 4.78 is 5.48. The van der Waals surface area contributed by atoms with Crippen LogP contribution in [0.1, 0.15) is 33.8 Å². The molecule has 2 heterocycles. The molecular formula is C19H24N2O2S. The second-order valence-electron chi connectivity index (χ2n) is 6.24. The maximum Gasteiger partial charge on any atom is 0.251 e. The van der Waals surface area contributed by atoms with Crippen molar-refractivity contribution in [3.63, 3.8) is 0 Å². The van der Waals surface area contributed by atoms with Gasteiger partial charge in [-0.25, -0.2) is 0 Å². The molecule has 0 saturated carbocycles. The molecule has 0 spiro atoms. The number of morpholine rings is 1. The largest absolute Gasteiger partial charge is 0.379 e. The van der Waals surface area contributed by atoms with Crippen LogP contribution >= 0.6 is 11.3 Å². The molecule has 2 aromatic rings. The van der Waals surface area contributed by atoms with Crippen LogP contribution in [0.5, 0.6) is 0 Å². The predicted octanol–water partition coefficient (Wildman–Crippen LogP) is 3.25. The van der Waals surface area contributed by atoms with Crippen LogP contribution in [-0.2, 0) is 4.74 Å². The number of hydrogen-bond donors (Lipinski definition) is 1. The number of amides is 1. The van der Waals surface area contributed by atoms with Crippen molar-refractivity contribution in [1.82, 2.24) is 10.2 Å². The van der Waals surface area contributed by atoms with Gasteiger partial charge in [0.2, 0.25) is 0 Å². The van der Waals surface area contributed by atoms with E-state index in [1.807, 2.05) is 31.2 Å². The summed E-state index contributed by atoms with van der Waals surface area (Å²) in [5.74, 6) is -0.0164. The van der Waals surface area contributed by atoms with E-state index in [1.165, 1.54) is 4.88 Å². The van der Waals surface area contributed by atoms with Crippen LogP contribution in [0.4, 0.5) is 0 Å². The quantitative estimate of drug-likeness (QED) is 0.905. The van der Waals surface area contributed by atoms with Gasteiger partial charge < -0.3 is 10.1 Å². The average molecular weight is 344 g/mol. The lowest BCUT2D eigenvalue weighted by molar-refractivity contribution is 0.00969. The molecule has 1 fully saturated rings. The second kappa shape index (κ2) is 7.92. The lowest BCUT2D eigenvalue weighted by Crippen LogP contribution is -2.48. The minimum Gasteiger partial charge on any atom is -0.379 e. The highest BCUT2D eigenvalue weighted by Gasteiger charge is 2.29. The number of aryl methyl sites for hydroxylation is 1. The number of rotatable bonds is 5. The van der Waals surface area contributed by atoms with E-state index < -0.39 is 0 Å². The zero-order valence-corrected chi connectivity index (χ0v) is 15.0. The highest BCUT2D eigenvalue weighted by molar-refractivity contribution is 7.10. The van der Waals surface area contributed by atoms with Gasteiger partial charge in [0.25, 0.3) is 5.91 Å². The fourth-order valence-corrected chi connectivity index (χ4v) is 4.10. The first-order chi connectivity index (χ1) is 11.6. The minimum atomic E-state index is -0.0164. The average Bonchev–Trinajstić information content (AvgIpc) is 3.10. The molecular weight excluding hydrogens is 320 g/mol. The number of nitrogens with one attached hydrogen (secondary N) is 1. The van der Waals surface area contributed by atoms with Crippen molar-refractivity contribution in [2.75, 3.05) is 26.3 Å². The van der Waals surface area contributed by atoms with Crippen LogP contribution in [0.3, 0.4) is 0 Å². The number of benzene rings is 1. The lowest BCUT2D eigenvalue weighted by atomic mass is 10.0. The Kier molecular flexibility index (Phi) is 5.66. The Labute approximate surface area is 147 Å². The third kappa shape index (κ3) is 4.04. The number of hydrogen-bond acceptors (Lipinski definition) is 4. The summed E-state index contributed by atoms with van der Waals surface area (Å²) in [5.41, 5.74) is 1.86. The van der Waals surface area contributed by atoms with Gasteiger partial charge in [-0.05, 0) is 37.4 Å². The molecule has 1 aromatic heterocycles. The van der Waals surface area contributed by atoms with E-state index in [0.717, 1.165) is 31.9 Å². The van der Waals surface area contributed by atoms with Crippen LogP contribution in [-0.4, -0.2) is 43.2 Å². The van der Waals surface area contributed by atoms with Gasteiger partial charge in [0.15, 0.2) is 0 Å². The van der Waals surface area contributed by atoms with E-state index in [0.29, 0.717) is 5.56 Å². The SMILES string of the molecule is Cc1ccc(C(=O)N[C@H](C)[C@H](c2cccs2)N2CCOCC2)cc1. The van der Waals surface area contributed by atoms with Gasteiger partial charge in [0.1, 0.15) is 0 Å². The van der Waals surface area contributed by atoms with Crippen molar-refractivity contribution < 1.29 is 9.53 Å². The van der Waals surface area contributed by atoms with E-state index in [2.05, 4.69) is 34.7 Å². The van der Waals surface area contributed by atoms with Gasteiger partial charge in [-0.3, -0.25) is 9.69 Å². The van der Waals surface area contributed by atoms with Crippen molar-refractivity contribution >= 4 is 17.2 Å². The monoisotopic (exact) mass is 344 g/mol. The van der Waals surface area contributed by atoms with Gasteiger partial charge in [0, 0.05) is 29.6 Å². The Morgan fingerprint density at radius 3 is 2.54 bits per heavy atom. The fourth-order valence-electron chi connectivity index (χ4n) is 3.13. The van der Waals surface area contributed by atoms with Gasteiger partial charge in [-0.15, -0.1) is 11.3 Å². The summed E-state index contributed by atoms with van der Waals surface area (Å²) >= 11 is 1.74. The Hall–Kier alpha value is -1.69. The molecule has 0 unspecified atom stereocenters. The van der Waals surface area contributed by atoms with Crippen LogP contribution in [0.2, 0.25) is 0 Å². The molecule has 2 atom stereocenters. The van der Waals surface area contributed by atoms with Crippen molar-refractivity contribution in [2.45, 2.75) is 25.9 Å². The number of nitrogens with zero attached hydrogens (tertiary/aromatic N) is 1. The fraction of sp³-hybridized carbons (Fsp3) is 0.421. The van der Waals surface area contributed by atoms with E-state index >= 15 is 0 Å². The molecule has 0 bridgehead atoms. The Morgan fingerprint density at radius 2 is 1.92 bits per heavy atom. The Balaban J connectivity index is 1.74. The van der Waals surface area contributed by atoms with Gasteiger partial charge in [-0.1, -0.05) is 23.8 Å². The van der Waals surface area contributed by atoms with Crippen molar-refractivity contribution in [3.05, 3.63) is 57.8 Å². The summed E-state index contributed by atoms with van der Waals surface area (Å²) in [6, 6.07) is 12.1. The van der Waals surface area contributed by atoms with Crippen molar-refractivity contribution in [3.8, 4) is 0 Å². The smallest absolute Gasteiger partial charge is 0.251 e. The predicted molar refractivity (Wildman–Crippen MR) is 97.6 cm³/mol. The molecule has 4 nitrogen and oxygen atoms in total. The molecule has 1 amide bonds. The number of thiophene rings is 1. The summed E-state index contributed by atoms with van der Waals surface area (Å²) in [6.45, 7) is 7.41. The van der Waals surface area contributed by atoms with Crippen LogP contribution < -0.4 is 5.32 Å². The highest BCUT2D eigenvalue weighted by atomic mass is 32.1. The maximum absolute atomic E-state index is 12.6. The molecule has 1 aromatic carbocycles. The normalized spacial score (nSPS) is 18.1. The van der Waals surface area contributed by atoms with Crippen LogP contribution in [0.15, 0.2) is 41.8 Å². The first-order valence-corrected chi connectivity index (χ1v) is 9.26. The summed E-state index contributed by atoms with van der Waals surface area (Å²) in [5, 5.41) is 5.28. The zero-order valence-electron chi connectivity index (χ0n) is 14.2. The summed E-state index contributed by atoms with van der Waals surface area (Å²) in [4.78, 5) is 16.3. The molecule has 1 aliphatic heterocycles. The van der Waals surface area contributed by atoms with E-state index in [1.54, 1.807) is 11.3 Å². The van der Waals surface area contributed by atoms with Crippen LogP contribution in [0, 0.1) is 6.92 Å². The second-order valence-corrected chi connectivity index (χ2v) is 7.22. The minimum absolute atomic E-state index is 0.0164. The molecule has 1 saturated heterocycles. The molecule has 5 heteroatoms. The number of ether oxygens (including phenoxy) is 1. The van der Waals surface area contributed by atoms with Gasteiger partial charge in [-0.2, -0.15) is 0 Å². The van der Waals surface area contributed by atoms with Crippen molar-refractivity contribution in [1.29, 1.82) is 0 Å². The molecule has 3 rings (SSSR count). The zero-order chi connectivity index (χ0) is 16.9. The van der Waals surface area contributed by atoms with E-state index in [9.17, 15) is 4.79 Å². The molecule has 1 aliphatic rings. The standard InChI is InChI=1S/C19H24N2O2S/c1-14-5-7-16(8-6-14)19(22)20-15(2)18(17-4-3-13-24-17)21-9-11-23-12-10-21/h3-8,13,15,18H,9-12H2,1-2H3,(H,20,22)/t15-,18-/m1/s1. The first kappa shape index (κ1) is 17.1. The first-order valence-electron chi connectivity index (χ1n) is 8.38. The summed E-state index contributed by atoms with van der Waals surface area (Å²) in [7, 11) is 0. The molecule has 0 aliphatic carbocycles. The third-order valence-corrected chi connectivity index (χ3v) is 5.36. The van der Waals surface area contributed by atoms with Gasteiger partial charge in [0.05, 0.1) is 19.3 Å². The van der Waals surface area contributed by atoms with E-state index in [4.69, 9.17) is 4.74 Å². The van der Waals surface area contributed by atoms with E-state index in [-0.39, 0.29) is 18.0 Å². The number of carbonyl (C=O) groups excluding carboxylic acids is 1. The maximum atomic E-state index is 12.6. The molecule has 128 valence electrons. The highest BCUT2D eigenvalue weighted by Crippen LogP contribution is 2.29. The molecule has 24 heavy (non-hydrogen) atoms. The Morgan fingerprint density at radius 1 is 1.21 bits per heavy atom. The van der Waals surface area contributed by atoms with Crippen molar-refractivity contribution in [2.24, 2.45) is 0 Å². The Bertz CT molecular complexity index is 649. The van der Waals surface area contributed by atoms with Crippen LogP contribution in [0.25, 0.3) is 0 Å². The molecule has 1 N–H and O–H groups in total. The van der Waals surface area contributed by atoms with Gasteiger partial charge >= 0.3 is 0 Å².